The molecule has 0 saturated heterocycles. The minimum atomic E-state index is -3.95. The maximum Gasteiger partial charge on any atom is 0.259 e. The van der Waals surface area contributed by atoms with Crippen LogP contribution >= 0.6 is 0 Å². The van der Waals surface area contributed by atoms with Gasteiger partial charge in [0.25, 0.3) is 17.8 Å². The molecule has 1 fully saturated rings. The molecule has 0 aromatic carbocycles. The molecule has 12 heavy (non-hydrogen) atoms. The van der Waals surface area contributed by atoms with E-state index in [0.717, 1.165) is 0 Å². The molecule has 0 amide bonds. The molecule has 0 N–H and O–H groups in total. The van der Waals surface area contributed by atoms with Crippen LogP contribution in [-0.2, 0) is 0 Å². The van der Waals surface area contributed by atoms with E-state index < -0.39 is 37.0 Å². The molecule has 0 aromatic rings. The summed E-state index contributed by atoms with van der Waals surface area (Å²) in [5, 5.41) is 0. The molecule has 1 saturated carbocycles. The van der Waals surface area contributed by atoms with Crippen molar-refractivity contribution in [3.63, 3.8) is 0 Å². The minimum absolute atomic E-state index is 1.77. The van der Waals surface area contributed by atoms with Crippen molar-refractivity contribution in [1.29, 1.82) is 0 Å². The van der Waals surface area contributed by atoms with E-state index in [9.17, 15) is 26.3 Å². The predicted octanol–water partition coefficient (Wildman–Crippen LogP) is 3.08. The third-order valence-electron chi connectivity index (χ3n) is 1.55. The first kappa shape index (κ1) is 9.67. The second kappa shape index (κ2) is 2.29. The Morgan fingerprint density at radius 1 is 0.500 bits per heavy atom. The average Bonchev–Trinajstić information content (AvgIpc) is 1.44. The monoisotopic (exact) mass is 192 g/mol. The molecule has 0 aliphatic heterocycles. The zero-order chi connectivity index (χ0) is 9.62. The van der Waals surface area contributed by atoms with E-state index in [4.69, 9.17) is 0 Å². The lowest BCUT2D eigenvalue weighted by Gasteiger charge is -2.34. The zero-order valence-corrected chi connectivity index (χ0v) is 5.89. The van der Waals surface area contributed by atoms with Crippen molar-refractivity contribution in [2.24, 2.45) is 0 Å². The van der Waals surface area contributed by atoms with E-state index in [1.165, 1.54) is 0 Å². The highest BCUT2D eigenvalue weighted by Crippen LogP contribution is 2.49. The Labute approximate surface area is 64.6 Å². The maximum absolute atomic E-state index is 12.2. The van der Waals surface area contributed by atoms with Crippen LogP contribution in [0.5, 0.6) is 0 Å². The van der Waals surface area contributed by atoms with Crippen molar-refractivity contribution in [2.75, 3.05) is 0 Å². The van der Waals surface area contributed by atoms with Crippen LogP contribution in [0.25, 0.3) is 0 Å². The second-order valence-electron chi connectivity index (χ2n) is 3.10. The van der Waals surface area contributed by atoms with Gasteiger partial charge < -0.3 is 0 Å². The van der Waals surface area contributed by atoms with Gasteiger partial charge in [-0.05, 0) is 0 Å². The maximum atomic E-state index is 12.2. The summed E-state index contributed by atoms with van der Waals surface area (Å²) in [6.45, 7) is 0. The summed E-state index contributed by atoms with van der Waals surface area (Å²) in [6.07, 6.45) is -5.30. The molecule has 72 valence electrons. The van der Waals surface area contributed by atoms with E-state index in [2.05, 4.69) is 0 Å². The first-order valence-electron chi connectivity index (χ1n) is 3.26. The fraction of sp³-hybridized carbons (Fsp3) is 1.00. The van der Waals surface area contributed by atoms with E-state index in [1.54, 1.807) is 0 Å². The van der Waals surface area contributed by atoms with Crippen LogP contribution in [0.4, 0.5) is 26.3 Å². The zero-order valence-electron chi connectivity index (χ0n) is 5.89. The van der Waals surface area contributed by atoms with Crippen LogP contribution in [0, 0.1) is 0 Å². The van der Waals surface area contributed by atoms with Crippen LogP contribution in [0.2, 0.25) is 0 Å². The topological polar surface area (TPSA) is 0 Å². The highest BCUT2D eigenvalue weighted by molar-refractivity contribution is 4.92. The molecule has 0 spiro atoms. The Hall–Kier alpha value is -0.420. The Morgan fingerprint density at radius 2 is 0.667 bits per heavy atom. The van der Waals surface area contributed by atoms with Gasteiger partial charge >= 0.3 is 0 Å². The quantitative estimate of drug-likeness (QED) is 0.517. The van der Waals surface area contributed by atoms with Gasteiger partial charge in [-0.25, -0.2) is 26.3 Å². The van der Waals surface area contributed by atoms with Crippen LogP contribution in [0.1, 0.15) is 19.3 Å². The molecule has 1 aliphatic carbocycles. The largest absolute Gasteiger partial charge is 0.259 e. The lowest BCUT2D eigenvalue weighted by molar-refractivity contribution is -0.226. The Bertz CT molecular complexity index is 139. The summed E-state index contributed by atoms with van der Waals surface area (Å²) in [7, 11) is 0. The SMILES string of the molecule is FC1(F)CC(F)(F)CC(F)(F)C1. The van der Waals surface area contributed by atoms with Crippen LogP contribution in [-0.4, -0.2) is 17.8 Å². The Kier molecular flexibility index (Phi) is 1.85. The number of rotatable bonds is 0. The molecule has 0 unspecified atom stereocenters. The first-order valence-corrected chi connectivity index (χ1v) is 3.26. The number of hydrogen-bond donors (Lipinski definition) is 0. The molecule has 0 bridgehead atoms. The van der Waals surface area contributed by atoms with Gasteiger partial charge in [-0.1, -0.05) is 0 Å². The number of alkyl halides is 6. The summed E-state index contributed by atoms with van der Waals surface area (Å²) < 4.78 is 73.4. The lowest BCUT2D eigenvalue weighted by atomic mass is 9.90. The summed E-state index contributed by atoms with van der Waals surface area (Å²) >= 11 is 0. The first-order chi connectivity index (χ1) is 5.12. The van der Waals surface area contributed by atoms with E-state index in [1.807, 2.05) is 0 Å². The minimum Gasteiger partial charge on any atom is -0.206 e. The van der Waals surface area contributed by atoms with Gasteiger partial charge in [0.1, 0.15) is 0 Å². The van der Waals surface area contributed by atoms with Gasteiger partial charge in [-0.2, -0.15) is 0 Å². The van der Waals surface area contributed by atoms with Gasteiger partial charge in [0, 0.05) is 0 Å². The average molecular weight is 192 g/mol. The highest BCUT2D eigenvalue weighted by atomic mass is 19.3. The fourth-order valence-corrected chi connectivity index (χ4v) is 1.32. The van der Waals surface area contributed by atoms with Crippen molar-refractivity contribution in [1.82, 2.24) is 0 Å². The molecule has 1 rings (SSSR count). The van der Waals surface area contributed by atoms with Gasteiger partial charge in [-0.15, -0.1) is 0 Å². The third kappa shape index (κ3) is 2.28. The molecule has 0 nitrogen and oxygen atoms in total. The van der Waals surface area contributed by atoms with Crippen LogP contribution < -0.4 is 0 Å². The molecule has 0 radical (unpaired) electrons. The standard InChI is InChI=1S/C6H6F6/c7-4(8)1-5(9,10)3-6(11,12)2-4/h1-3H2. The van der Waals surface area contributed by atoms with Crippen LogP contribution in [0.15, 0.2) is 0 Å². The van der Waals surface area contributed by atoms with E-state index in [-0.39, 0.29) is 0 Å². The van der Waals surface area contributed by atoms with Crippen molar-refractivity contribution in [3.8, 4) is 0 Å². The number of halogens is 6. The third-order valence-corrected chi connectivity index (χ3v) is 1.55. The molecule has 6 heteroatoms. The van der Waals surface area contributed by atoms with Gasteiger partial charge in [-0.3, -0.25) is 0 Å². The lowest BCUT2D eigenvalue weighted by Crippen LogP contribution is -2.44. The normalized spacial score (nSPS) is 31.5. The predicted molar refractivity (Wildman–Crippen MR) is 28.7 cm³/mol. The molecule has 1 aliphatic rings. The van der Waals surface area contributed by atoms with Gasteiger partial charge in [0.15, 0.2) is 0 Å². The smallest absolute Gasteiger partial charge is 0.206 e. The molecule has 0 atom stereocenters. The van der Waals surface area contributed by atoms with E-state index in [0.29, 0.717) is 0 Å². The molecule has 0 aromatic heterocycles. The number of hydrogen-bond acceptors (Lipinski definition) is 0. The Balaban J connectivity index is 2.81. The summed E-state index contributed by atoms with van der Waals surface area (Å²) in [5.41, 5.74) is 0. The fourth-order valence-electron chi connectivity index (χ4n) is 1.32. The van der Waals surface area contributed by atoms with E-state index >= 15 is 0 Å². The van der Waals surface area contributed by atoms with Crippen molar-refractivity contribution < 1.29 is 26.3 Å². The molecule has 0 heterocycles. The summed E-state index contributed by atoms with van der Waals surface area (Å²) in [5.74, 6) is -11.9. The Morgan fingerprint density at radius 3 is 0.833 bits per heavy atom. The molecular weight excluding hydrogens is 186 g/mol. The van der Waals surface area contributed by atoms with Gasteiger partial charge in [0.05, 0.1) is 19.3 Å². The van der Waals surface area contributed by atoms with Crippen LogP contribution in [0.3, 0.4) is 0 Å². The molecular formula is C6H6F6. The summed E-state index contributed by atoms with van der Waals surface area (Å²) in [4.78, 5) is 0. The summed E-state index contributed by atoms with van der Waals surface area (Å²) in [6, 6.07) is 0. The van der Waals surface area contributed by atoms with Crippen molar-refractivity contribution in [3.05, 3.63) is 0 Å². The van der Waals surface area contributed by atoms with Gasteiger partial charge in [0.2, 0.25) is 0 Å². The van der Waals surface area contributed by atoms with Crippen molar-refractivity contribution >= 4 is 0 Å². The van der Waals surface area contributed by atoms with Crippen molar-refractivity contribution in [2.45, 2.75) is 37.0 Å². The highest BCUT2D eigenvalue weighted by Gasteiger charge is 2.58. The second-order valence-corrected chi connectivity index (χ2v) is 3.10.